The van der Waals surface area contributed by atoms with Gasteiger partial charge in [-0.25, -0.2) is 13.1 Å². The van der Waals surface area contributed by atoms with Crippen molar-refractivity contribution < 1.29 is 13.2 Å². The lowest BCUT2D eigenvalue weighted by molar-refractivity contribution is 0.102. The van der Waals surface area contributed by atoms with E-state index in [-0.39, 0.29) is 10.5 Å². The summed E-state index contributed by atoms with van der Waals surface area (Å²) >= 11 is 11.8. The summed E-state index contributed by atoms with van der Waals surface area (Å²) in [4.78, 5) is 12.4. The van der Waals surface area contributed by atoms with Crippen LogP contribution < -0.4 is 10.0 Å². The van der Waals surface area contributed by atoms with Crippen LogP contribution in [-0.2, 0) is 10.0 Å². The Morgan fingerprint density at radius 1 is 1.12 bits per heavy atom. The third-order valence-corrected chi connectivity index (χ3v) is 5.13. The van der Waals surface area contributed by atoms with Crippen LogP contribution in [0.3, 0.4) is 0 Å². The largest absolute Gasteiger partial charge is 0.321 e. The number of halogens is 2. The van der Waals surface area contributed by atoms with E-state index in [2.05, 4.69) is 10.0 Å². The molecule has 0 saturated carbocycles. The van der Waals surface area contributed by atoms with Gasteiger partial charge in [-0.1, -0.05) is 36.2 Å². The molecule has 8 heteroatoms. The summed E-state index contributed by atoms with van der Waals surface area (Å²) in [5, 5.41) is 3.38. The maximum Gasteiger partial charge on any atom is 0.255 e. The molecule has 5 nitrogen and oxygen atoms in total. The maximum absolute atomic E-state index is 12.3. The number of benzene rings is 2. The summed E-state index contributed by atoms with van der Waals surface area (Å²) in [6.07, 6.45) is 0.675. The monoisotopic (exact) mass is 386 g/mol. The Balaban J connectivity index is 2.23. The van der Waals surface area contributed by atoms with Gasteiger partial charge in [0.05, 0.1) is 15.6 Å². The van der Waals surface area contributed by atoms with Crippen molar-refractivity contribution in [2.24, 2.45) is 0 Å². The summed E-state index contributed by atoms with van der Waals surface area (Å²) in [6.45, 7) is 2.20. The molecule has 0 fully saturated rings. The van der Waals surface area contributed by atoms with Crippen LogP contribution in [0.25, 0.3) is 0 Å². The molecule has 2 N–H and O–H groups in total. The predicted molar refractivity (Wildman–Crippen MR) is 96.3 cm³/mol. The number of anilines is 1. The fraction of sp³-hybridized carbons (Fsp3) is 0.188. The summed E-state index contributed by atoms with van der Waals surface area (Å²) in [6, 6.07) is 10.5. The van der Waals surface area contributed by atoms with Crippen molar-refractivity contribution in [3.63, 3.8) is 0 Å². The highest BCUT2D eigenvalue weighted by Gasteiger charge is 2.16. The van der Waals surface area contributed by atoms with Crippen LogP contribution in [0.1, 0.15) is 23.7 Å². The van der Waals surface area contributed by atoms with Crippen molar-refractivity contribution >= 4 is 44.8 Å². The molecule has 24 heavy (non-hydrogen) atoms. The van der Waals surface area contributed by atoms with Crippen LogP contribution in [0.2, 0.25) is 10.0 Å². The molecule has 0 heterocycles. The first kappa shape index (κ1) is 18.7. The Labute approximate surface area is 151 Å². The summed E-state index contributed by atoms with van der Waals surface area (Å²) in [7, 11) is -3.64. The molecule has 0 aliphatic carbocycles. The number of hydrogen-bond donors (Lipinski definition) is 2. The molecule has 2 rings (SSSR count). The van der Waals surface area contributed by atoms with E-state index in [0.717, 1.165) is 0 Å². The molecule has 0 aromatic heterocycles. The zero-order valence-corrected chi connectivity index (χ0v) is 15.2. The van der Waals surface area contributed by atoms with E-state index in [1.807, 2.05) is 6.92 Å². The third-order valence-electron chi connectivity index (χ3n) is 3.13. The lowest BCUT2D eigenvalue weighted by Gasteiger charge is -2.09. The standard InChI is InChI=1S/C16H16Cl2N2O3S/c1-2-8-19-24(22,23)13-5-3-4-11(9-13)16(21)20-15-7-6-12(17)10-14(15)18/h3-7,9-10,19H,2,8H2,1H3,(H,20,21). The smallest absolute Gasteiger partial charge is 0.255 e. The van der Waals surface area contributed by atoms with Crippen LogP contribution >= 0.6 is 23.2 Å². The summed E-state index contributed by atoms with van der Waals surface area (Å²) in [5.74, 6) is -0.466. The van der Waals surface area contributed by atoms with Crippen molar-refractivity contribution in [2.45, 2.75) is 18.2 Å². The first-order chi connectivity index (χ1) is 11.3. The number of nitrogens with one attached hydrogen (secondary N) is 2. The van der Waals surface area contributed by atoms with Crippen molar-refractivity contribution in [1.29, 1.82) is 0 Å². The normalized spacial score (nSPS) is 11.3. The lowest BCUT2D eigenvalue weighted by Crippen LogP contribution is -2.24. The fourth-order valence-corrected chi connectivity index (χ4v) is 3.54. The SMILES string of the molecule is CCCNS(=O)(=O)c1cccc(C(=O)Nc2ccc(Cl)cc2Cl)c1. The maximum atomic E-state index is 12.3. The first-order valence-corrected chi connectivity index (χ1v) is 9.43. The fourth-order valence-electron chi connectivity index (χ4n) is 1.91. The van der Waals surface area contributed by atoms with E-state index in [1.54, 1.807) is 12.1 Å². The number of rotatable bonds is 6. The topological polar surface area (TPSA) is 75.3 Å². The highest BCUT2D eigenvalue weighted by Crippen LogP contribution is 2.26. The minimum Gasteiger partial charge on any atom is -0.321 e. The second kappa shape index (κ2) is 7.98. The zero-order chi connectivity index (χ0) is 17.7. The third kappa shape index (κ3) is 4.70. The van der Waals surface area contributed by atoms with E-state index in [4.69, 9.17) is 23.2 Å². The molecular formula is C16H16Cl2N2O3S. The molecule has 0 saturated heterocycles. The van der Waals surface area contributed by atoms with E-state index < -0.39 is 15.9 Å². The van der Waals surface area contributed by atoms with Gasteiger partial charge in [-0.15, -0.1) is 0 Å². The summed E-state index contributed by atoms with van der Waals surface area (Å²) < 4.78 is 26.7. The first-order valence-electron chi connectivity index (χ1n) is 7.19. The Morgan fingerprint density at radius 3 is 2.54 bits per heavy atom. The van der Waals surface area contributed by atoms with Gasteiger partial charge in [0.25, 0.3) is 5.91 Å². The summed E-state index contributed by atoms with van der Waals surface area (Å²) in [5.41, 5.74) is 0.601. The second-order valence-electron chi connectivity index (χ2n) is 5.00. The Hall–Kier alpha value is -1.60. The van der Waals surface area contributed by atoms with Crippen LogP contribution in [0, 0.1) is 0 Å². The van der Waals surface area contributed by atoms with Crippen LogP contribution in [0.4, 0.5) is 5.69 Å². The van der Waals surface area contributed by atoms with Gasteiger partial charge >= 0.3 is 0 Å². The number of carbonyl (C=O) groups excluding carboxylic acids is 1. The quantitative estimate of drug-likeness (QED) is 0.789. The molecular weight excluding hydrogens is 371 g/mol. The van der Waals surface area contributed by atoms with Crippen LogP contribution in [-0.4, -0.2) is 20.9 Å². The van der Waals surface area contributed by atoms with Crippen molar-refractivity contribution in [3.05, 3.63) is 58.1 Å². The molecule has 1 amide bonds. The molecule has 0 unspecified atom stereocenters. The Kier molecular flexibility index (Phi) is 6.23. The Morgan fingerprint density at radius 2 is 1.88 bits per heavy atom. The molecule has 2 aromatic carbocycles. The van der Waals surface area contributed by atoms with E-state index in [1.165, 1.54) is 30.3 Å². The second-order valence-corrected chi connectivity index (χ2v) is 7.61. The minimum atomic E-state index is -3.64. The van der Waals surface area contributed by atoms with Gasteiger partial charge in [0.15, 0.2) is 0 Å². The van der Waals surface area contributed by atoms with Gasteiger partial charge < -0.3 is 5.32 Å². The Bertz CT molecular complexity index is 854. The molecule has 0 aliphatic rings. The van der Waals surface area contributed by atoms with Crippen molar-refractivity contribution in [1.82, 2.24) is 4.72 Å². The predicted octanol–water partition coefficient (Wildman–Crippen LogP) is 3.93. The van der Waals surface area contributed by atoms with Gasteiger partial charge in [-0.3, -0.25) is 4.79 Å². The van der Waals surface area contributed by atoms with E-state index in [9.17, 15) is 13.2 Å². The minimum absolute atomic E-state index is 0.0332. The molecule has 0 aliphatic heterocycles. The lowest BCUT2D eigenvalue weighted by atomic mass is 10.2. The molecule has 0 bridgehead atoms. The number of amides is 1. The molecule has 0 radical (unpaired) electrons. The molecule has 2 aromatic rings. The number of sulfonamides is 1. The van der Waals surface area contributed by atoms with Crippen molar-refractivity contribution in [2.75, 3.05) is 11.9 Å². The van der Waals surface area contributed by atoms with Gasteiger partial charge in [0.2, 0.25) is 10.0 Å². The van der Waals surface area contributed by atoms with E-state index >= 15 is 0 Å². The van der Waals surface area contributed by atoms with Crippen LogP contribution in [0.5, 0.6) is 0 Å². The number of carbonyl (C=O) groups is 1. The highest BCUT2D eigenvalue weighted by atomic mass is 35.5. The average molecular weight is 387 g/mol. The molecule has 0 atom stereocenters. The van der Waals surface area contributed by atoms with Crippen LogP contribution in [0.15, 0.2) is 47.4 Å². The highest BCUT2D eigenvalue weighted by molar-refractivity contribution is 7.89. The van der Waals surface area contributed by atoms with Gasteiger partial charge in [-0.2, -0.15) is 0 Å². The van der Waals surface area contributed by atoms with E-state index in [0.29, 0.717) is 28.7 Å². The number of hydrogen-bond acceptors (Lipinski definition) is 3. The van der Waals surface area contributed by atoms with Gasteiger partial charge in [-0.05, 0) is 42.8 Å². The zero-order valence-electron chi connectivity index (χ0n) is 12.8. The van der Waals surface area contributed by atoms with Gasteiger partial charge in [0.1, 0.15) is 0 Å². The molecule has 0 spiro atoms. The van der Waals surface area contributed by atoms with Gasteiger partial charge in [0, 0.05) is 17.1 Å². The molecule has 128 valence electrons. The van der Waals surface area contributed by atoms with Crippen molar-refractivity contribution in [3.8, 4) is 0 Å². The average Bonchev–Trinajstić information content (AvgIpc) is 2.55.